The molecule has 3 heterocycles. The highest BCUT2D eigenvalue weighted by atomic mass is 16.3. The first-order chi connectivity index (χ1) is 8.93. The van der Waals surface area contributed by atoms with Crippen molar-refractivity contribution < 1.29 is 4.42 Å². The highest BCUT2D eigenvalue weighted by molar-refractivity contribution is 5.87. The van der Waals surface area contributed by atoms with Crippen molar-refractivity contribution in [1.82, 2.24) is 9.97 Å². The number of anilines is 1. The van der Waals surface area contributed by atoms with Gasteiger partial charge in [0.25, 0.3) is 0 Å². The molecule has 0 aliphatic carbocycles. The van der Waals surface area contributed by atoms with E-state index in [4.69, 9.17) is 4.42 Å². The van der Waals surface area contributed by atoms with E-state index in [1.54, 1.807) is 12.5 Å². The molecule has 1 N–H and O–H groups in total. The summed E-state index contributed by atoms with van der Waals surface area (Å²) >= 11 is 0. The zero-order valence-corrected chi connectivity index (χ0v) is 9.84. The van der Waals surface area contributed by atoms with Gasteiger partial charge in [0.15, 0.2) is 0 Å². The summed E-state index contributed by atoms with van der Waals surface area (Å²) in [5.41, 5.74) is 1.93. The number of hydrogen-bond donors (Lipinski definition) is 1. The summed E-state index contributed by atoms with van der Waals surface area (Å²) in [6.07, 6.45) is 6.10. The van der Waals surface area contributed by atoms with Crippen molar-refractivity contribution in [1.29, 1.82) is 0 Å². The van der Waals surface area contributed by atoms with Gasteiger partial charge in [0, 0.05) is 31.1 Å². The Kier molecular flexibility index (Phi) is 2.92. The molecule has 0 fully saturated rings. The lowest BCUT2D eigenvalue weighted by Crippen LogP contribution is -2.07. The van der Waals surface area contributed by atoms with E-state index in [1.165, 1.54) is 0 Å². The molecule has 0 amide bonds. The minimum absolute atomic E-state index is 0.800. The van der Waals surface area contributed by atoms with Gasteiger partial charge in [0.2, 0.25) is 0 Å². The summed E-state index contributed by atoms with van der Waals surface area (Å²) in [4.78, 5) is 8.60. The van der Waals surface area contributed by atoms with Crippen LogP contribution in [0.15, 0.2) is 53.4 Å². The molecule has 3 aromatic heterocycles. The van der Waals surface area contributed by atoms with Crippen molar-refractivity contribution in [2.75, 3.05) is 11.9 Å². The summed E-state index contributed by atoms with van der Waals surface area (Å²) in [6.45, 7) is 0.800. The van der Waals surface area contributed by atoms with Crippen molar-refractivity contribution in [3.05, 3.63) is 54.7 Å². The molecule has 0 aliphatic heterocycles. The molecule has 4 heteroatoms. The zero-order valence-electron chi connectivity index (χ0n) is 9.84. The molecule has 0 saturated heterocycles. The Balaban J connectivity index is 1.68. The number of nitrogens with zero attached hydrogens (tertiary/aromatic N) is 2. The summed E-state index contributed by atoms with van der Waals surface area (Å²) in [5.74, 6) is 0.859. The molecular weight excluding hydrogens is 226 g/mol. The van der Waals surface area contributed by atoms with E-state index < -0.39 is 0 Å². The molecule has 4 nitrogen and oxygen atoms in total. The maximum atomic E-state index is 5.33. The quantitative estimate of drug-likeness (QED) is 0.760. The number of rotatable bonds is 4. The molecule has 3 aromatic rings. The minimum atomic E-state index is 0.800. The SMILES string of the molecule is c1ccc(CCNc2nccc3occc23)nc1. The summed E-state index contributed by atoms with van der Waals surface area (Å²) in [7, 11) is 0. The fourth-order valence-electron chi connectivity index (χ4n) is 1.89. The lowest BCUT2D eigenvalue weighted by molar-refractivity contribution is 0.615. The Morgan fingerprint density at radius 3 is 2.94 bits per heavy atom. The van der Waals surface area contributed by atoms with E-state index in [0.29, 0.717) is 0 Å². The Morgan fingerprint density at radius 2 is 2.06 bits per heavy atom. The number of furan rings is 1. The smallest absolute Gasteiger partial charge is 0.139 e. The predicted octanol–water partition coefficient (Wildman–Crippen LogP) is 2.88. The Morgan fingerprint density at radius 1 is 1.06 bits per heavy atom. The molecule has 0 aliphatic rings. The lowest BCUT2D eigenvalue weighted by atomic mass is 10.2. The van der Waals surface area contributed by atoms with E-state index in [2.05, 4.69) is 15.3 Å². The van der Waals surface area contributed by atoms with Crippen molar-refractivity contribution in [3.63, 3.8) is 0 Å². The van der Waals surface area contributed by atoms with Crippen LogP contribution in [0.3, 0.4) is 0 Å². The third kappa shape index (κ3) is 2.18. The van der Waals surface area contributed by atoms with Crippen LogP contribution >= 0.6 is 0 Å². The van der Waals surface area contributed by atoms with Crippen LogP contribution < -0.4 is 5.32 Å². The molecule has 0 atom stereocenters. The van der Waals surface area contributed by atoms with E-state index in [1.807, 2.05) is 36.5 Å². The third-order valence-corrected chi connectivity index (χ3v) is 2.78. The fraction of sp³-hybridized carbons (Fsp3) is 0.143. The van der Waals surface area contributed by atoms with Gasteiger partial charge in [0.1, 0.15) is 11.4 Å². The summed E-state index contributed by atoms with van der Waals surface area (Å²) in [5, 5.41) is 4.32. The van der Waals surface area contributed by atoms with Crippen LogP contribution in [0.2, 0.25) is 0 Å². The second-order valence-corrected chi connectivity index (χ2v) is 3.99. The van der Waals surface area contributed by atoms with Crippen LogP contribution in [-0.2, 0) is 6.42 Å². The van der Waals surface area contributed by atoms with E-state index >= 15 is 0 Å². The average molecular weight is 239 g/mol. The van der Waals surface area contributed by atoms with E-state index in [0.717, 1.165) is 35.4 Å². The predicted molar refractivity (Wildman–Crippen MR) is 70.4 cm³/mol. The van der Waals surface area contributed by atoms with Crippen molar-refractivity contribution >= 4 is 16.8 Å². The largest absolute Gasteiger partial charge is 0.464 e. The van der Waals surface area contributed by atoms with Crippen molar-refractivity contribution in [2.45, 2.75) is 6.42 Å². The maximum Gasteiger partial charge on any atom is 0.139 e. The van der Waals surface area contributed by atoms with Gasteiger partial charge in [-0.2, -0.15) is 0 Å². The zero-order chi connectivity index (χ0) is 12.2. The van der Waals surface area contributed by atoms with Crippen LogP contribution in [0.25, 0.3) is 11.0 Å². The number of fused-ring (bicyclic) bond motifs is 1. The first kappa shape index (κ1) is 10.8. The fourth-order valence-corrected chi connectivity index (χ4v) is 1.89. The molecule has 0 aromatic carbocycles. The minimum Gasteiger partial charge on any atom is -0.464 e. The first-order valence-corrected chi connectivity index (χ1v) is 5.89. The Bertz CT molecular complexity index is 634. The third-order valence-electron chi connectivity index (χ3n) is 2.78. The van der Waals surface area contributed by atoms with Crippen LogP contribution in [0.4, 0.5) is 5.82 Å². The molecule has 0 radical (unpaired) electrons. The molecule has 0 saturated carbocycles. The van der Waals surface area contributed by atoms with Gasteiger partial charge in [-0.15, -0.1) is 0 Å². The van der Waals surface area contributed by atoms with Crippen molar-refractivity contribution in [3.8, 4) is 0 Å². The van der Waals surface area contributed by atoms with Crippen LogP contribution in [0.1, 0.15) is 5.69 Å². The normalized spacial score (nSPS) is 10.7. The van der Waals surface area contributed by atoms with Crippen LogP contribution in [0, 0.1) is 0 Å². The Hall–Kier alpha value is -2.36. The Labute approximate surface area is 105 Å². The van der Waals surface area contributed by atoms with Gasteiger partial charge >= 0.3 is 0 Å². The van der Waals surface area contributed by atoms with Gasteiger partial charge in [0.05, 0.1) is 11.6 Å². The van der Waals surface area contributed by atoms with Gasteiger partial charge in [-0.25, -0.2) is 4.98 Å². The van der Waals surface area contributed by atoms with Gasteiger partial charge in [-0.3, -0.25) is 4.98 Å². The van der Waals surface area contributed by atoms with Gasteiger partial charge in [-0.1, -0.05) is 6.07 Å². The second kappa shape index (κ2) is 4.87. The van der Waals surface area contributed by atoms with E-state index in [9.17, 15) is 0 Å². The first-order valence-electron chi connectivity index (χ1n) is 5.89. The standard InChI is InChI=1S/C14H13N3O/c1-2-7-15-11(3-1)4-8-16-14-12-6-10-18-13(12)5-9-17-14/h1-3,5-7,9-10H,4,8H2,(H,16,17). The molecule has 90 valence electrons. The number of aromatic nitrogens is 2. The molecule has 0 bridgehead atoms. The maximum absolute atomic E-state index is 5.33. The molecule has 0 unspecified atom stereocenters. The second-order valence-electron chi connectivity index (χ2n) is 3.99. The van der Waals surface area contributed by atoms with Crippen LogP contribution in [0.5, 0.6) is 0 Å². The van der Waals surface area contributed by atoms with Crippen molar-refractivity contribution in [2.24, 2.45) is 0 Å². The van der Waals surface area contributed by atoms with Gasteiger partial charge in [-0.05, 0) is 24.3 Å². The summed E-state index contributed by atoms with van der Waals surface area (Å²) in [6, 6.07) is 9.72. The van der Waals surface area contributed by atoms with Gasteiger partial charge < -0.3 is 9.73 Å². The summed E-state index contributed by atoms with van der Waals surface area (Å²) < 4.78 is 5.33. The number of pyridine rings is 2. The molecular formula is C14H13N3O. The topological polar surface area (TPSA) is 51.0 Å². The molecule has 0 spiro atoms. The number of hydrogen-bond acceptors (Lipinski definition) is 4. The molecule has 18 heavy (non-hydrogen) atoms. The number of nitrogens with one attached hydrogen (secondary N) is 1. The van der Waals surface area contributed by atoms with Crippen LogP contribution in [-0.4, -0.2) is 16.5 Å². The monoisotopic (exact) mass is 239 g/mol. The lowest BCUT2D eigenvalue weighted by Gasteiger charge is -2.05. The highest BCUT2D eigenvalue weighted by Crippen LogP contribution is 2.21. The average Bonchev–Trinajstić information content (AvgIpc) is 2.89. The van der Waals surface area contributed by atoms with E-state index in [-0.39, 0.29) is 0 Å². The molecule has 3 rings (SSSR count). The highest BCUT2D eigenvalue weighted by Gasteiger charge is 2.03.